The van der Waals surface area contributed by atoms with E-state index in [1.54, 1.807) is 28.0 Å². The molecule has 0 radical (unpaired) electrons. The molecule has 8 heteroatoms. The molecule has 3 heterocycles. The highest BCUT2D eigenvalue weighted by atomic mass is 16.3. The summed E-state index contributed by atoms with van der Waals surface area (Å²) in [7, 11) is 0. The van der Waals surface area contributed by atoms with Gasteiger partial charge >= 0.3 is 0 Å². The summed E-state index contributed by atoms with van der Waals surface area (Å²) in [4.78, 5) is 30.6. The number of hydrogen-bond acceptors (Lipinski definition) is 5. The monoisotopic (exact) mass is 379 g/mol. The van der Waals surface area contributed by atoms with Crippen LogP contribution in [0.4, 0.5) is 5.69 Å². The van der Waals surface area contributed by atoms with Crippen LogP contribution in [0.1, 0.15) is 29.0 Å². The number of likely N-dealkylation sites (tertiary alicyclic amines) is 1. The molecule has 144 valence electrons. The van der Waals surface area contributed by atoms with Crippen LogP contribution in [0.15, 0.2) is 59.7 Å². The van der Waals surface area contributed by atoms with E-state index < -0.39 is 0 Å². The quantitative estimate of drug-likeness (QED) is 0.735. The second kappa shape index (κ2) is 8.08. The van der Waals surface area contributed by atoms with Crippen molar-refractivity contribution in [1.29, 1.82) is 0 Å². The smallest absolute Gasteiger partial charge is 0.289 e. The van der Waals surface area contributed by atoms with Crippen molar-refractivity contribution in [2.75, 3.05) is 18.4 Å². The first-order valence-electron chi connectivity index (χ1n) is 9.24. The van der Waals surface area contributed by atoms with Crippen molar-refractivity contribution < 1.29 is 14.0 Å². The van der Waals surface area contributed by atoms with E-state index in [1.807, 2.05) is 24.3 Å². The first-order chi connectivity index (χ1) is 13.7. The lowest BCUT2D eigenvalue weighted by Crippen LogP contribution is -2.41. The average molecular weight is 379 g/mol. The van der Waals surface area contributed by atoms with Gasteiger partial charge < -0.3 is 14.6 Å². The molecule has 28 heavy (non-hydrogen) atoms. The van der Waals surface area contributed by atoms with Gasteiger partial charge in [-0.2, -0.15) is 5.10 Å². The molecule has 2 amide bonds. The van der Waals surface area contributed by atoms with Gasteiger partial charge in [-0.05, 0) is 42.7 Å². The zero-order valence-corrected chi connectivity index (χ0v) is 15.3. The summed E-state index contributed by atoms with van der Waals surface area (Å²) in [6, 6.07) is 11.1. The normalized spacial score (nSPS) is 14.8. The number of aromatic nitrogens is 3. The molecular formula is C20H21N5O3. The highest BCUT2D eigenvalue weighted by molar-refractivity contribution is 5.94. The summed E-state index contributed by atoms with van der Waals surface area (Å²) < 4.78 is 6.90. The van der Waals surface area contributed by atoms with Gasteiger partial charge in [-0.3, -0.25) is 9.59 Å². The van der Waals surface area contributed by atoms with Gasteiger partial charge in [0.2, 0.25) is 5.91 Å². The number of hydrogen-bond donors (Lipinski definition) is 1. The van der Waals surface area contributed by atoms with E-state index in [0.29, 0.717) is 38.2 Å². The molecule has 0 saturated carbocycles. The third-order valence-electron chi connectivity index (χ3n) is 4.89. The fourth-order valence-electron chi connectivity index (χ4n) is 3.39. The Balaban J connectivity index is 1.32. The van der Waals surface area contributed by atoms with Gasteiger partial charge in [0.05, 0.1) is 12.8 Å². The number of amides is 2. The standard InChI is InChI=1S/C20H21N5O3/c26-19(16-6-8-24(9-7-16)20(27)18-5-2-10-28-18)23-17-4-1-3-15(11-17)12-25-14-21-13-22-25/h1-5,10-11,13-14,16H,6-9,12H2,(H,23,26). The first kappa shape index (κ1) is 18.0. The predicted octanol–water partition coefficient (Wildman–Crippen LogP) is 2.41. The van der Waals surface area contributed by atoms with Gasteiger partial charge in [0, 0.05) is 24.7 Å². The van der Waals surface area contributed by atoms with Crippen LogP contribution in [0.2, 0.25) is 0 Å². The molecule has 1 saturated heterocycles. The summed E-state index contributed by atoms with van der Waals surface area (Å²) >= 11 is 0. The number of benzene rings is 1. The second-order valence-electron chi connectivity index (χ2n) is 6.83. The minimum atomic E-state index is -0.121. The number of nitrogens with one attached hydrogen (secondary N) is 1. The second-order valence-corrected chi connectivity index (χ2v) is 6.83. The van der Waals surface area contributed by atoms with Gasteiger partial charge in [-0.25, -0.2) is 9.67 Å². The third kappa shape index (κ3) is 4.11. The predicted molar refractivity (Wildman–Crippen MR) is 102 cm³/mol. The fraction of sp³-hybridized carbons (Fsp3) is 0.300. The van der Waals surface area contributed by atoms with Crippen molar-refractivity contribution in [3.8, 4) is 0 Å². The van der Waals surface area contributed by atoms with Crippen molar-refractivity contribution in [3.63, 3.8) is 0 Å². The Bertz CT molecular complexity index is 929. The Morgan fingerprint density at radius 2 is 2.04 bits per heavy atom. The molecule has 1 aliphatic rings. The summed E-state index contributed by atoms with van der Waals surface area (Å²) in [5, 5.41) is 7.09. The number of anilines is 1. The molecule has 1 fully saturated rings. The van der Waals surface area contributed by atoms with E-state index in [2.05, 4.69) is 15.4 Å². The van der Waals surface area contributed by atoms with E-state index in [-0.39, 0.29) is 17.7 Å². The van der Waals surface area contributed by atoms with Crippen LogP contribution in [0.5, 0.6) is 0 Å². The zero-order valence-electron chi connectivity index (χ0n) is 15.3. The molecule has 0 aliphatic carbocycles. The number of nitrogens with zero attached hydrogens (tertiary/aromatic N) is 4. The van der Waals surface area contributed by atoms with Gasteiger partial charge in [-0.15, -0.1) is 0 Å². The van der Waals surface area contributed by atoms with Gasteiger partial charge in [0.25, 0.3) is 5.91 Å². The molecule has 3 aromatic rings. The highest BCUT2D eigenvalue weighted by Gasteiger charge is 2.28. The minimum absolute atomic E-state index is 0.0111. The largest absolute Gasteiger partial charge is 0.459 e. The van der Waals surface area contributed by atoms with Crippen molar-refractivity contribution in [2.24, 2.45) is 5.92 Å². The summed E-state index contributed by atoms with van der Waals surface area (Å²) in [5.74, 6) is 0.0967. The highest BCUT2D eigenvalue weighted by Crippen LogP contribution is 2.21. The maximum Gasteiger partial charge on any atom is 0.289 e. The Morgan fingerprint density at radius 3 is 2.75 bits per heavy atom. The third-order valence-corrected chi connectivity index (χ3v) is 4.89. The fourth-order valence-corrected chi connectivity index (χ4v) is 3.39. The van der Waals surface area contributed by atoms with E-state index in [9.17, 15) is 9.59 Å². The number of carbonyl (C=O) groups is 2. The van der Waals surface area contributed by atoms with E-state index in [0.717, 1.165) is 11.3 Å². The van der Waals surface area contributed by atoms with Crippen molar-refractivity contribution in [2.45, 2.75) is 19.4 Å². The lowest BCUT2D eigenvalue weighted by Gasteiger charge is -2.30. The Hall–Kier alpha value is -3.42. The number of furan rings is 1. The molecule has 0 bridgehead atoms. The van der Waals surface area contributed by atoms with Crippen LogP contribution in [-0.4, -0.2) is 44.6 Å². The minimum Gasteiger partial charge on any atom is -0.459 e. The lowest BCUT2D eigenvalue weighted by atomic mass is 9.95. The zero-order chi connectivity index (χ0) is 19.3. The van der Waals surface area contributed by atoms with Gasteiger partial charge in [-0.1, -0.05) is 12.1 Å². The summed E-state index contributed by atoms with van der Waals surface area (Å²) in [5.41, 5.74) is 1.79. The Morgan fingerprint density at radius 1 is 1.18 bits per heavy atom. The topological polar surface area (TPSA) is 93.3 Å². The van der Waals surface area contributed by atoms with Crippen LogP contribution in [-0.2, 0) is 11.3 Å². The van der Waals surface area contributed by atoms with Crippen molar-refractivity contribution in [1.82, 2.24) is 19.7 Å². The number of rotatable bonds is 5. The average Bonchev–Trinajstić information content (AvgIpc) is 3.42. The summed E-state index contributed by atoms with van der Waals surface area (Å²) in [6.45, 7) is 1.69. The molecule has 0 spiro atoms. The molecule has 1 N–H and O–H groups in total. The molecule has 2 aromatic heterocycles. The maximum absolute atomic E-state index is 12.6. The van der Waals surface area contributed by atoms with Crippen molar-refractivity contribution in [3.05, 3.63) is 66.6 Å². The van der Waals surface area contributed by atoms with E-state index in [1.165, 1.54) is 12.6 Å². The van der Waals surface area contributed by atoms with E-state index >= 15 is 0 Å². The van der Waals surface area contributed by atoms with Crippen LogP contribution >= 0.6 is 0 Å². The van der Waals surface area contributed by atoms with Crippen LogP contribution in [0.3, 0.4) is 0 Å². The van der Waals surface area contributed by atoms with Crippen LogP contribution in [0, 0.1) is 5.92 Å². The molecule has 1 aromatic carbocycles. The maximum atomic E-state index is 12.6. The number of carbonyl (C=O) groups excluding carboxylic acids is 2. The molecule has 1 aliphatic heterocycles. The van der Waals surface area contributed by atoms with Crippen LogP contribution < -0.4 is 5.32 Å². The molecule has 4 rings (SSSR count). The van der Waals surface area contributed by atoms with E-state index in [4.69, 9.17) is 4.42 Å². The number of piperidine rings is 1. The Labute approximate surface area is 162 Å². The van der Waals surface area contributed by atoms with Crippen molar-refractivity contribution >= 4 is 17.5 Å². The molecule has 0 atom stereocenters. The Kier molecular flexibility index (Phi) is 5.18. The van der Waals surface area contributed by atoms with Crippen LogP contribution in [0.25, 0.3) is 0 Å². The lowest BCUT2D eigenvalue weighted by molar-refractivity contribution is -0.121. The van der Waals surface area contributed by atoms with Gasteiger partial charge in [0.15, 0.2) is 5.76 Å². The molecule has 0 unspecified atom stereocenters. The van der Waals surface area contributed by atoms with Gasteiger partial charge in [0.1, 0.15) is 12.7 Å². The molecule has 8 nitrogen and oxygen atoms in total. The SMILES string of the molecule is O=C(Nc1cccc(Cn2cncn2)c1)C1CCN(C(=O)c2ccco2)CC1. The molecular weight excluding hydrogens is 358 g/mol. The first-order valence-corrected chi connectivity index (χ1v) is 9.24. The summed E-state index contributed by atoms with van der Waals surface area (Å²) in [6.07, 6.45) is 5.91.